The number of nitrogens with two attached hydrogens (primary N) is 1. The van der Waals surface area contributed by atoms with Gasteiger partial charge in [-0.2, -0.15) is 0 Å². The summed E-state index contributed by atoms with van der Waals surface area (Å²) < 4.78 is 0. The van der Waals surface area contributed by atoms with Gasteiger partial charge in [-0.15, -0.1) is 11.3 Å². The number of rotatable bonds is 6. The Balaban J connectivity index is 2.20. The van der Waals surface area contributed by atoms with Crippen LogP contribution in [0.15, 0.2) is 0 Å². The molecule has 1 rings (SSSR count). The standard InChI is InChI=1S/C11H21N3S/c1-8(7-12)5-4-6-13-11-14-9(2)10(3)15-11/h8H,4-7,12H2,1-3H3,(H,13,14). The Morgan fingerprint density at radius 3 is 2.73 bits per heavy atom. The van der Waals surface area contributed by atoms with Crippen LogP contribution in [0, 0.1) is 19.8 Å². The van der Waals surface area contributed by atoms with E-state index in [4.69, 9.17) is 5.73 Å². The fourth-order valence-corrected chi connectivity index (χ4v) is 2.15. The molecule has 86 valence electrons. The first kappa shape index (κ1) is 12.5. The third-order valence-corrected chi connectivity index (χ3v) is 3.61. The van der Waals surface area contributed by atoms with Gasteiger partial charge in [-0.05, 0) is 39.2 Å². The zero-order valence-electron chi connectivity index (χ0n) is 9.84. The third-order valence-electron chi connectivity index (χ3n) is 2.58. The molecule has 0 aliphatic rings. The maximum absolute atomic E-state index is 5.56. The lowest BCUT2D eigenvalue weighted by Crippen LogP contribution is -2.12. The predicted molar refractivity (Wildman–Crippen MR) is 67.5 cm³/mol. The molecule has 0 fully saturated rings. The molecule has 0 amide bonds. The van der Waals surface area contributed by atoms with Gasteiger partial charge in [-0.25, -0.2) is 4.98 Å². The molecule has 1 heterocycles. The van der Waals surface area contributed by atoms with Crippen molar-refractivity contribution in [2.24, 2.45) is 11.7 Å². The summed E-state index contributed by atoms with van der Waals surface area (Å²) >= 11 is 1.73. The van der Waals surface area contributed by atoms with E-state index >= 15 is 0 Å². The summed E-state index contributed by atoms with van der Waals surface area (Å²) in [4.78, 5) is 5.73. The largest absolute Gasteiger partial charge is 0.362 e. The number of aryl methyl sites for hydroxylation is 2. The first-order chi connectivity index (χ1) is 7.13. The smallest absolute Gasteiger partial charge is 0.183 e. The molecule has 0 spiro atoms. The van der Waals surface area contributed by atoms with Crippen molar-refractivity contribution in [2.75, 3.05) is 18.4 Å². The van der Waals surface area contributed by atoms with Crippen molar-refractivity contribution >= 4 is 16.5 Å². The molecule has 1 unspecified atom stereocenters. The highest BCUT2D eigenvalue weighted by atomic mass is 32.1. The van der Waals surface area contributed by atoms with E-state index < -0.39 is 0 Å². The number of anilines is 1. The first-order valence-electron chi connectivity index (χ1n) is 5.51. The Morgan fingerprint density at radius 2 is 2.20 bits per heavy atom. The van der Waals surface area contributed by atoms with E-state index in [-0.39, 0.29) is 0 Å². The number of nitrogens with zero attached hydrogens (tertiary/aromatic N) is 1. The van der Waals surface area contributed by atoms with Crippen LogP contribution in [-0.2, 0) is 0 Å². The minimum Gasteiger partial charge on any atom is -0.362 e. The van der Waals surface area contributed by atoms with Gasteiger partial charge >= 0.3 is 0 Å². The van der Waals surface area contributed by atoms with Crippen LogP contribution in [-0.4, -0.2) is 18.1 Å². The van der Waals surface area contributed by atoms with Gasteiger partial charge in [-0.1, -0.05) is 6.92 Å². The second-order valence-corrected chi connectivity index (χ2v) is 5.27. The molecule has 0 aliphatic heterocycles. The van der Waals surface area contributed by atoms with Gasteiger partial charge in [-0.3, -0.25) is 0 Å². The Kier molecular flexibility index (Phi) is 5.05. The maximum atomic E-state index is 5.56. The third kappa shape index (κ3) is 4.18. The van der Waals surface area contributed by atoms with E-state index in [9.17, 15) is 0 Å². The summed E-state index contributed by atoms with van der Waals surface area (Å²) in [7, 11) is 0. The lowest BCUT2D eigenvalue weighted by Gasteiger charge is -2.07. The maximum Gasteiger partial charge on any atom is 0.183 e. The van der Waals surface area contributed by atoms with Gasteiger partial charge in [0.1, 0.15) is 0 Å². The van der Waals surface area contributed by atoms with Crippen LogP contribution >= 0.6 is 11.3 Å². The minimum atomic E-state index is 0.631. The van der Waals surface area contributed by atoms with Crippen molar-refractivity contribution in [3.05, 3.63) is 10.6 Å². The van der Waals surface area contributed by atoms with Crippen LogP contribution in [0.3, 0.4) is 0 Å². The van der Waals surface area contributed by atoms with Crippen molar-refractivity contribution in [3.63, 3.8) is 0 Å². The van der Waals surface area contributed by atoms with Crippen LogP contribution < -0.4 is 11.1 Å². The fraction of sp³-hybridized carbons (Fsp3) is 0.727. The van der Waals surface area contributed by atoms with Crippen molar-refractivity contribution in [1.29, 1.82) is 0 Å². The number of hydrogen-bond acceptors (Lipinski definition) is 4. The molecule has 0 saturated heterocycles. The molecule has 0 saturated carbocycles. The van der Waals surface area contributed by atoms with Gasteiger partial charge in [0, 0.05) is 11.4 Å². The monoisotopic (exact) mass is 227 g/mol. The molecule has 0 radical (unpaired) electrons. The summed E-state index contributed by atoms with van der Waals surface area (Å²) in [5, 5.41) is 4.40. The van der Waals surface area contributed by atoms with Crippen LogP contribution in [0.5, 0.6) is 0 Å². The molecule has 1 atom stereocenters. The normalized spacial score (nSPS) is 12.8. The number of nitrogens with one attached hydrogen (secondary N) is 1. The van der Waals surface area contributed by atoms with Crippen LogP contribution in [0.1, 0.15) is 30.3 Å². The molecule has 15 heavy (non-hydrogen) atoms. The molecular formula is C11H21N3S. The highest BCUT2D eigenvalue weighted by Gasteiger charge is 2.03. The number of thiazole rings is 1. The molecule has 1 aromatic rings. The van der Waals surface area contributed by atoms with E-state index in [1.807, 2.05) is 6.92 Å². The van der Waals surface area contributed by atoms with Gasteiger partial charge in [0.15, 0.2) is 5.13 Å². The summed E-state index contributed by atoms with van der Waals surface area (Å²) in [5.74, 6) is 0.631. The molecule has 3 nitrogen and oxygen atoms in total. The Morgan fingerprint density at radius 1 is 1.47 bits per heavy atom. The van der Waals surface area contributed by atoms with Gasteiger partial charge in [0.2, 0.25) is 0 Å². The topological polar surface area (TPSA) is 50.9 Å². The van der Waals surface area contributed by atoms with E-state index in [2.05, 4.69) is 24.1 Å². The fourth-order valence-electron chi connectivity index (χ4n) is 1.31. The predicted octanol–water partition coefficient (Wildman–Crippen LogP) is 2.55. The number of aromatic nitrogens is 1. The quantitative estimate of drug-likeness (QED) is 0.734. The van der Waals surface area contributed by atoms with E-state index in [0.29, 0.717) is 5.92 Å². The summed E-state index contributed by atoms with van der Waals surface area (Å²) in [6.07, 6.45) is 2.35. The first-order valence-corrected chi connectivity index (χ1v) is 6.33. The van der Waals surface area contributed by atoms with Crippen LogP contribution in [0.2, 0.25) is 0 Å². The van der Waals surface area contributed by atoms with Crippen LogP contribution in [0.25, 0.3) is 0 Å². The molecule has 4 heteroatoms. The lowest BCUT2D eigenvalue weighted by atomic mass is 10.1. The Labute approximate surface area is 96.1 Å². The van der Waals surface area contributed by atoms with Crippen LogP contribution in [0.4, 0.5) is 5.13 Å². The second-order valence-electron chi connectivity index (χ2n) is 4.07. The molecule has 1 aromatic heterocycles. The zero-order valence-corrected chi connectivity index (χ0v) is 10.7. The summed E-state index contributed by atoms with van der Waals surface area (Å²) in [6.45, 7) is 8.13. The van der Waals surface area contributed by atoms with Crippen molar-refractivity contribution in [3.8, 4) is 0 Å². The van der Waals surface area contributed by atoms with Gasteiger partial charge < -0.3 is 11.1 Å². The highest BCUT2D eigenvalue weighted by molar-refractivity contribution is 7.15. The van der Waals surface area contributed by atoms with Gasteiger partial charge in [0.25, 0.3) is 0 Å². The zero-order chi connectivity index (χ0) is 11.3. The van der Waals surface area contributed by atoms with E-state index in [1.54, 1.807) is 11.3 Å². The van der Waals surface area contributed by atoms with Crippen molar-refractivity contribution in [2.45, 2.75) is 33.6 Å². The Hall–Kier alpha value is -0.610. The lowest BCUT2D eigenvalue weighted by molar-refractivity contribution is 0.529. The molecular weight excluding hydrogens is 206 g/mol. The average Bonchev–Trinajstić information content (AvgIpc) is 2.53. The van der Waals surface area contributed by atoms with E-state index in [1.165, 1.54) is 11.3 Å². The second kappa shape index (κ2) is 6.08. The Bertz CT molecular complexity index is 277. The molecule has 0 bridgehead atoms. The molecule has 0 aliphatic carbocycles. The average molecular weight is 227 g/mol. The highest BCUT2D eigenvalue weighted by Crippen LogP contribution is 2.20. The number of hydrogen-bond donors (Lipinski definition) is 2. The van der Waals surface area contributed by atoms with Crippen molar-refractivity contribution < 1.29 is 0 Å². The minimum absolute atomic E-state index is 0.631. The SMILES string of the molecule is Cc1nc(NCCCC(C)CN)sc1C. The summed E-state index contributed by atoms with van der Waals surface area (Å²) in [5.41, 5.74) is 6.69. The molecule has 3 N–H and O–H groups in total. The summed E-state index contributed by atoms with van der Waals surface area (Å²) in [6, 6.07) is 0. The van der Waals surface area contributed by atoms with E-state index in [0.717, 1.165) is 30.3 Å². The van der Waals surface area contributed by atoms with Crippen molar-refractivity contribution in [1.82, 2.24) is 4.98 Å². The molecule has 0 aromatic carbocycles. The van der Waals surface area contributed by atoms with Gasteiger partial charge in [0.05, 0.1) is 5.69 Å².